The van der Waals surface area contributed by atoms with Gasteiger partial charge in [-0.3, -0.25) is 0 Å². The highest BCUT2D eigenvalue weighted by molar-refractivity contribution is 6.30. The second kappa shape index (κ2) is 8.61. The van der Waals surface area contributed by atoms with Crippen molar-refractivity contribution in [2.75, 3.05) is 12.8 Å². The van der Waals surface area contributed by atoms with Gasteiger partial charge in [-0.25, -0.2) is 18.7 Å². The summed E-state index contributed by atoms with van der Waals surface area (Å²) < 4.78 is 20.1. The smallest absolute Gasteiger partial charge is 0.355 e. The van der Waals surface area contributed by atoms with Crippen molar-refractivity contribution < 1.29 is 9.13 Å². The Bertz CT molecular complexity index is 1580. The zero-order chi connectivity index (χ0) is 23.8. The lowest BCUT2D eigenvalue weighted by molar-refractivity contribution is 0.415. The maximum Gasteiger partial charge on any atom is 0.355 e. The number of rotatable bonds is 4. The summed E-state index contributed by atoms with van der Waals surface area (Å²) in [5, 5.41) is 0.972. The Morgan fingerprint density at radius 2 is 1.65 bits per heavy atom. The van der Waals surface area contributed by atoms with Gasteiger partial charge in [0.25, 0.3) is 0 Å². The fourth-order valence-corrected chi connectivity index (χ4v) is 4.04. The standard InChI is InChI=1S/C26H18ClFN4O2/c1-34-20-11-7-15(8-12-20)21-14-22(16-5-9-18(28)10-6-16)30-25-23(21)24(29)32(26(33)31-25)19-4-2-3-17(27)13-19/h2-14H,29H2,1H3. The molecule has 0 bridgehead atoms. The molecule has 0 aliphatic heterocycles. The molecule has 0 aliphatic carbocycles. The number of benzene rings is 3. The van der Waals surface area contributed by atoms with Crippen LogP contribution in [-0.2, 0) is 0 Å². The summed E-state index contributed by atoms with van der Waals surface area (Å²) in [6, 6.07) is 22.0. The zero-order valence-corrected chi connectivity index (χ0v) is 18.8. The summed E-state index contributed by atoms with van der Waals surface area (Å²) in [7, 11) is 1.59. The van der Waals surface area contributed by atoms with E-state index in [9.17, 15) is 9.18 Å². The third-order valence-electron chi connectivity index (χ3n) is 5.50. The first-order valence-corrected chi connectivity index (χ1v) is 10.7. The van der Waals surface area contributed by atoms with Crippen molar-refractivity contribution in [3.8, 4) is 33.8 Å². The molecule has 0 spiro atoms. The molecule has 0 amide bonds. The third-order valence-corrected chi connectivity index (χ3v) is 5.73. The van der Waals surface area contributed by atoms with Gasteiger partial charge in [-0.2, -0.15) is 4.98 Å². The Morgan fingerprint density at radius 3 is 2.32 bits per heavy atom. The lowest BCUT2D eigenvalue weighted by Gasteiger charge is -2.16. The summed E-state index contributed by atoms with van der Waals surface area (Å²) >= 11 is 6.15. The van der Waals surface area contributed by atoms with E-state index in [0.29, 0.717) is 38.7 Å². The van der Waals surface area contributed by atoms with Crippen LogP contribution < -0.4 is 16.2 Å². The molecule has 5 aromatic rings. The van der Waals surface area contributed by atoms with Crippen LogP contribution in [0.1, 0.15) is 0 Å². The van der Waals surface area contributed by atoms with Gasteiger partial charge < -0.3 is 10.5 Å². The van der Waals surface area contributed by atoms with E-state index in [-0.39, 0.29) is 17.3 Å². The Balaban J connectivity index is 1.84. The molecule has 34 heavy (non-hydrogen) atoms. The van der Waals surface area contributed by atoms with Gasteiger partial charge in [-0.1, -0.05) is 29.8 Å². The van der Waals surface area contributed by atoms with Crippen molar-refractivity contribution in [2.24, 2.45) is 0 Å². The van der Waals surface area contributed by atoms with E-state index in [1.54, 1.807) is 43.5 Å². The van der Waals surface area contributed by atoms with E-state index in [2.05, 4.69) is 9.97 Å². The van der Waals surface area contributed by atoms with Crippen molar-refractivity contribution in [3.63, 3.8) is 0 Å². The molecule has 5 rings (SSSR count). The van der Waals surface area contributed by atoms with E-state index in [1.165, 1.54) is 16.7 Å². The molecule has 0 saturated heterocycles. The molecule has 168 valence electrons. The molecular weight excluding hydrogens is 455 g/mol. The monoisotopic (exact) mass is 472 g/mol. The summed E-state index contributed by atoms with van der Waals surface area (Å²) in [5.41, 5.74) is 9.41. The maximum atomic E-state index is 13.5. The molecule has 0 saturated carbocycles. The maximum absolute atomic E-state index is 13.5. The molecular formula is C26H18ClFN4O2. The number of ether oxygens (including phenoxy) is 1. The van der Waals surface area contributed by atoms with Crippen LogP contribution in [0.5, 0.6) is 5.75 Å². The lowest BCUT2D eigenvalue weighted by Crippen LogP contribution is -2.25. The van der Waals surface area contributed by atoms with Gasteiger partial charge in [0.15, 0.2) is 5.65 Å². The topological polar surface area (TPSA) is 83.0 Å². The predicted molar refractivity (Wildman–Crippen MR) is 132 cm³/mol. The van der Waals surface area contributed by atoms with Crippen LogP contribution in [-0.4, -0.2) is 21.6 Å². The summed E-state index contributed by atoms with van der Waals surface area (Å²) in [6.07, 6.45) is 0. The van der Waals surface area contributed by atoms with Crippen molar-refractivity contribution in [3.05, 3.63) is 100 Å². The van der Waals surface area contributed by atoms with Crippen LogP contribution in [0, 0.1) is 5.82 Å². The summed E-state index contributed by atoms with van der Waals surface area (Å²) in [6.45, 7) is 0. The number of fused-ring (bicyclic) bond motifs is 1. The first kappa shape index (κ1) is 21.6. The number of nitrogens with two attached hydrogens (primary N) is 1. The highest BCUT2D eigenvalue weighted by Gasteiger charge is 2.18. The highest BCUT2D eigenvalue weighted by atomic mass is 35.5. The molecule has 0 radical (unpaired) electrons. The number of hydrogen-bond acceptors (Lipinski definition) is 5. The fourth-order valence-electron chi connectivity index (χ4n) is 3.85. The molecule has 6 nitrogen and oxygen atoms in total. The second-order valence-corrected chi connectivity index (χ2v) is 8.02. The van der Waals surface area contributed by atoms with Crippen LogP contribution in [0.15, 0.2) is 83.7 Å². The van der Waals surface area contributed by atoms with Gasteiger partial charge in [0.2, 0.25) is 0 Å². The van der Waals surface area contributed by atoms with Crippen LogP contribution in [0.2, 0.25) is 5.02 Å². The summed E-state index contributed by atoms with van der Waals surface area (Å²) in [4.78, 5) is 21.8. The number of nitrogen functional groups attached to an aromatic ring is 1. The number of pyridine rings is 1. The molecule has 8 heteroatoms. The van der Waals surface area contributed by atoms with Gasteiger partial charge in [0.05, 0.1) is 23.9 Å². The molecule has 0 unspecified atom stereocenters. The van der Waals surface area contributed by atoms with Gasteiger partial charge >= 0.3 is 5.69 Å². The van der Waals surface area contributed by atoms with E-state index in [1.807, 2.05) is 30.3 Å². The first-order chi connectivity index (χ1) is 16.4. The van der Waals surface area contributed by atoms with Gasteiger partial charge in [-0.15, -0.1) is 0 Å². The third kappa shape index (κ3) is 3.86. The molecule has 0 aliphatic rings. The van der Waals surface area contributed by atoms with Gasteiger partial charge in [0, 0.05) is 10.6 Å². The fraction of sp³-hybridized carbons (Fsp3) is 0.0385. The molecule has 0 fully saturated rings. The van der Waals surface area contributed by atoms with E-state index in [0.717, 1.165) is 5.56 Å². The quantitative estimate of drug-likeness (QED) is 0.373. The minimum atomic E-state index is -0.586. The highest BCUT2D eigenvalue weighted by Crippen LogP contribution is 2.35. The molecule has 2 N–H and O–H groups in total. The second-order valence-electron chi connectivity index (χ2n) is 7.58. The lowest BCUT2D eigenvalue weighted by atomic mass is 9.99. The van der Waals surface area contributed by atoms with Crippen molar-refractivity contribution in [2.45, 2.75) is 0 Å². The Morgan fingerprint density at radius 1 is 0.941 bits per heavy atom. The van der Waals surface area contributed by atoms with E-state index in [4.69, 9.17) is 22.1 Å². The van der Waals surface area contributed by atoms with Gasteiger partial charge in [0.1, 0.15) is 17.4 Å². The average molecular weight is 473 g/mol. The van der Waals surface area contributed by atoms with Crippen LogP contribution >= 0.6 is 11.6 Å². The van der Waals surface area contributed by atoms with Gasteiger partial charge in [-0.05, 0) is 71.8 Å². The van der Waals surface area contributed by atoms with Crippen molar-refractivity contribution in [1.82, 2.24) is 14.5 Å². The van der Waals surface area contributed by atoms with E-state index >= 15 is 0 Å². The van der Waals surface area contributed by atoms with Crippen molar-refractivity contribution in [1.29, 1.82) is 0 Å². The first-order valence-electron chi connectivity index (χ1n) is 10.3. The number of nitrogens with zero attached hydrogens (tertiary/aromatic N) is 3. The van der Waals surface area contributed by atoms with Crippen LogP contribution in [0.3, 0.4) is 0 Å². The normalized spacial score (nSPS) is 11.0. The minimum Gasteiger partial charge on any atom is -0.497 e. The van der Waals surface area contributed by atoms with Crippen molar-refractivity contribution >= 4 is 28.5 Å². The zero-order valence-electron chi connectivity index (χ0n) is 18.0. The Kier molecular flexibility index (Phi) is 5.47. The molecule has 2 aromatic heterocycles. The number of halogens is 2. The molecule has 3 aromatic carbocycles. The van der Waals surface area contributed by atoms with Crippen LogP contribution in [0.25, 0.3) is 39.1 Å². The minimum absolute atomic E-state index is 0.182. The Hall–Kier alpha value is -4.23. The summed E-state index contributed by atoms with van der Waals surface area (Å²) in [5.74, 6) is 0.524. The molecule has 0 atom stereocenters. The van der Waals surface area contributed by atoms with Crippen LogP contribution in [0.4, 0.5) is 10.2 Å². The number of hydrogen-bond donors (Lipinski definition) is 1. The molecule has 2 heterocycles. The Labute approximate surface area is 199 Å². The largest absolute Gasteiger partial charge is 0.497 e. The predicted octanol–water partition coefficient (Wildman–Crippen LogP) is 5.50. The number of anilines is 1. The number of aromatic nitrogens is 3. The average Bonchev–Trinajstić information content (AvgIpc) is 2.84. The SMILES string of the molecule is COc1ccc(-c2cc(-c3ccc(F)cc3)nc3nc(=O)n(-c4cccc(Cl)c4)c(N)c23)cc1. The van der Waals surface area contributed by atoms with E-state index < -0.39 is 5.69 Å². The number of methoxy groups -OCH3 is 1.